The number of benzene rings is 2. The minimum absolute atomic E-state index is 0.333. The van der Waals surface area contributed by atoms with Gasteiger partial charge in [-0.3, -0.25) is 4.79 Å². The molecule has 5 nitrogen and oxygen atoms in total. The topological polar surface area (TPSA) is 89.3 Å². The number of nitrogens with one attached hydrogen (secondary N) is 1. The SMILES string of the molecule is CC(C)S(=O)(=O)NCC(C)(F)c1ccc(-c2ccc(C(N)=O)cc2)cc1. The second kappa shape index (κ2) is 7.55. The van der Waals surface area contributed by atoms with Crippen LogP contribution in [0, 0.1) is 0 Å². The Kier molecular flexibility index (Phi) is 5.83. The second-order valence-corrected chi connectivity index (χ2v) is 8.95. The maximum Gasteiger partial charge on any atom is 0.248 e. The predicted octanol–water partition coefficient (Wildman–Crippen LogP) is 2.97. The van der Waals surface area contributed by atoms with Crippen LogP contribution in [-0.4, -0.2) is 26.1 Å². The summed E-state index contributed by atoms with van der Waals surface area (Å²) in [5, 5.41) is -0.621. The average molecular weight is 378 g/mol. The summed E-state index contributed by atoms with van der Waals surface area (Å²) in [5.41, 5.74) is 5.89. The smallest absolute Gasteiger partial charge is 0.248 e. The number of hydrogen-bond acceptors (Lipinski definition) is 3. The van der Waals surface area contributed by atoms with Gasteiger partial charge in [-0.1, -0.05) is 36.4 Å². The van der Waals surface area contributed by atoms with Crippen LogP contribution >= 0.6 is 0 Å². The molecular formula is C19H23FN2O3S. The zero-order valence-electron chi connectivity index (χ0n) is 15.0. The number of alkyl halides is 1. The third kappa shape index (κ3) is 4.68. The van der Waals surface area contributed by atoms with E-state index in [2.05, 4.69) is 4.72 Å². The van der Waals surface area contributed by atoms with E-state index in [1.54, 1.807) is 48.5 Å². The van der Waals surface area contributed by atoms with E-state index in [4.69, 9.17) is 5.73 Å². The monoisotopic (exact) mass is 378 g/mol. The summed E-state index contributed by atoms with van der Waals surface area (Å²) in [4.78, 5) is 11.1. The fourth-order valence-corrected chi connectivity index (χ4v) is 3.15. The van der Waals surface area contributed by atoms with Gasteiger partial charge in [-0.2, -0.15) is 0 Å². The number of sulfonamides is 1. The van der Waals surface area contributed by atoms with Gasteiger partial charge in [0, 0.05) is 12.1 Å². The lowest BCUT2D eigenvalue weighted by Gasteiger charge is -2.22. The van der Waals surface area contributed by atoms with Gasteiger partial charge in [-0.15, -0.1) is 0 Å². The van der Waals surface area contributed by atoms with E-state index >= 15 is 0 Å². The van der Waals surface area contributed by atoms with Crippen molar-refractivity contribution in [3.63, 3.8) is 0 Å². The zero-order chi connectivity index (χ0) is 19.5. The summed E-state index contributed by atoms with van der Waals surface area (Å²) in [6.07, 6.45) is 0. The molecule has 0 aliphatic heterocycles. The van der Waals surface area contributed by atoms with Crippen molar-refractivity contribution >= 4 is 15.9 Å². The van der Waals surface area contributed by atoms with Crippen molar-refractivity contribution in [3.8, 4) is 11.1 Å². The maximum absolute atomic E-state index is 14.9. The summed E-state index contributed by atoms with van der Waals surface area (Å²) in [6.45, 7) is 4.08. The van der Waals surface area contributed by atoms with Crippen molar-refractivity contribution < 1.29 is 17.6 Å². The third-order valence-corrected chi connectivity index (χ3v) is 6.00. The van der Waals surface area contributed by atoms with Crippen molar-refractivity contribution in [2.75, 3.05) is 6.54 Å². The molecule has 7 heteroatoms. The molecule has 0 bridgehead atoms. The molecule has 26 heavy (non-hydrogen) atoms. The van der Waals surface area contributed by atoms with Crippen LogP contribution < -0.4 is 10.5 Å². The van der Waals surface area contributed by atoms with Crippen LogP contribution in [0.1, 0.15) is 36.7 Å². The number of nitrogens with two attached hydrogens (primary N) is 1. The molecule has 0 heterocycles. The number of halogens is 1. The van der Waals surface area contributed by atoms with Gasteiger partial charge in [0.05, 0.1) is 5.25 Å². The molecule has 3 N–H and O–H groups in total. The highest BCUT2D eigenvalue weighted by atomic mass is 32.2. The van der Waals surface area contributed by atoms with Crippen LogP contribution in [0.4, 0.5) is 4.39 Å². The molecular weight excluding hydrogens is 355 g/mol. The number of carbonyl (C=O) groups excluding carboxylic acids is 1. The predicted molar refractivity (Wildman–Crippen MR) is 101 cm³/mol. The first kappa shape index (κ1) is 20.1. The molecule has 0 fully saturated rings. The van der Waals surface area contributed by atoms with Crippen molar-refractivity contribution in [3.05, 3.63) is 59.7 Å². The quantitative estimate of drug-likeness (QED) is 0.776. The number of carbonyl (C=O) groups is 1. The summed E-state index contributed by atoms with van der Waals surface area (Å²) in [7, 11) is -3.53. The Morgan fingerprint density at radius 3 is 1.96 bits per heavy atom. The van der Waals surface area contributed by atoms with Gasteiger partial charge in [0.15, 0.2) is 0 Å². The van der Waals surface area contributed by atoms with Gasteiger partial charge >= 0.3 is 0 Å². The lowest BCUT2D eigenvalue weighted by atomic mass is 9.95. The summed E-state index contributed by atoms with van der Waals surface area (Å²) in [5.74, 6) is -0.496. The first-order valence-corrected chi connectivity index (χ1v) is 9.76. The molecule has 0 saturated carbocycles. The highest BCUT2D eigenvalue weighted by Gasteiger charge is 2.28. The van der Waals surface area contributed by atoms with Gasteiger partial charge in [0.25, 0.3) is 0 Å². The first-order chi connectivity index (χ1) is 12.0. The summed E-state index contributed by atoms with van der Waals surface area (Å²) in [6, 6.07) is 13.5. The van der Waals surface area contributed by atoms with Crippen LogP contribution in [-0.2, 0) is 15.7 Å². The molecule has 2 rings (SSSR count). The Bertz CT molecular complexity index is 874. The molecule has 0 aromatic heterocycles. The van der Waals surface area contributed by atoms with Crippen molar-refractivity contribution in [1.82, 2.24) is 4.72 Å². The van der Waals surface area contributed by atoms with Crippen molar-refractivity contribution in [2.45, 2.75) is 31.7 Å². The number of primary amides is 1. The Labute approximate surface area is 153 Å². The van der Waals surface area contributed by atoms with Gasteiger partial charge in [-0.25, -0.2) is 17.5 Å². The normalized spacial score (nSPS) is 14.2. The van der Waals surface area contributed by atoms with Crippen LogP contribution in [0.3, 0.4) is 0 Å². The molecule has 0 saturated heterocycles. The molecule has 2 aromatic rings. The van der Waals surface area contributed by atoms with E-state index in [0.29, 0.717) is 11.1 Å². The molecule has 0 aliphatic rings. The third-order valence-electron chi connectivity index (χ3n) is 4.22. The lowest BCUT2D eigenvalue weighted by molar-refractivity contribution is 0.100. The van der Waals surface area contributed by atoms with Crippen LogP contribution in [0.25, 0.3) is 11.1 Å². The Balaban J connectivity index is 2.16. The molecule has 0 spiro atoms. The second-order valence-electron chi connectivity index (χ2n) is 6.63. The molecule has 2 aromatic carbocycles. The first-order valence-electron chi connectivity index (χ1n) is 8.21. The van der Waals surface area contributed by atoms with Crippen molar-refractivity contribution in [1.29, 1.82) is 0 Å². The average Bonchev–Trinajstić information content (AvgIpc) is 2.60. The molecule has 0 radical (unpaired) electrons. The molecule has 0 aliphatic carbocycles. The van der Waals surface area contributed by atoms with E-state index < -0.39 is 26.8 Å². The highest BCUT2D eigenvalue weighted by Crippen LogP contribution is 2.28. The zero-order valence-corrected chi connectivity index (χ0v) is 15.8. The van der Waals surface area contributed by atoms with Gasteiger partial charge in [0.1, 0.15) is 5.67 Å². The van der Waals surface area contributed by atoms with Gasteiger partial charge in [0.2, 0.25) is 15.9 Å². The fourth-order valence-electron chi connectivity index (χ4n) is 2.34. The highest BCUT2D eigenvalue weighted by molar-refractivity contribution is 7.90. The Morgan fingerprint density at radius 1 is 1.08 bits per heavy atom. The molecule has 1 unspecified atom stereocenters. The van der Waals surface area contributed by atoms with E-state index in [1.165, 1.54) is 20.8 Å². The standard InChI is InChI=1S/C19H23FN2O3S/c1-13(2)26(24,25)22-12-19(3,20)17-10-8-15(9-11-17)14-4-6-16(7-5-14)18(21)23/h4-11,13,22H,12H2,1-3H3,(H2,21,23). The molecule has 1 atom stereocenters. The van der Waals surface area contributed by atoms with E-state index in [9.17, 15) is 17.6 Å². The van der Waals surface area contributed by atoms with Crippen LogP contribution in [0.5, 0.6) is 0 Å². The molecule has 140 valence electrons. The lowest BCUT2D eigenvalue weighted by Crippen LogP contribution is -2.39. The van der Waals surface area contributed by atoms with E-state index in [1.807, 2.05) is 0 Å². The van der Waals surface area contributed by atoms with Crippen molar-refractivity contribution in [2.24, 2.45) is 5.73 Å². The Hall–Kier alpha value is -2.25. The minimum Gasteiger partial charge on any atom is -0.366 e. The number of rotatable bonds is 7. The van der Waals surface area contributed by atoms with Gasteiger partial charge in [-0.05, 0) is 49.6 Å². The van der Waals surface area contributed by atoms with E-state index in [0.717, 1.165) is 11.1 Å². The fraction of sp³-hybridized carbons (Fsp3) is 0.316. The summed E-state index contributed by atoms with van der Waals surface area (Å²) >= 11 is 0. The maximum atomic E-state index is 14.9. The van der Waals surface area contributed by atoms with E-state index in [-0.39, 0.29) is 6.54 Å². The Morgan fingerprint density at radius 2 is 1.54 bits per heavy atom. The molecule has 1 amide bonds. The minimum atomic E-state index is -3.53. The van der Waals surface area contributed by atoms with Crippen LogP contribution in [0.2, 0.25) is 0 Å². The summed E-state index contributed by atoms with van der Waals surface area (Å²) < 4.78 is 40.9. The number of amides is 1. The van der Waals surface area contributed by atoms with Gasteiger partial charge < -0.3 is 5.73 Å². The van der Waals surface area contributed by atoms with Crippen LogP contribution in [0.15, 0.2) is 48.5 Å². The number of hydrogen-bond donors (Lipinski definition) is 2. The largest absolute Gasteiger partial charge is 0.366 e.